The molecule has 2 aromatic rings. The highest BCUT2D eigenvalue weighted by Gasteiger charge is 2.51. The van der Waals surface area contributed by atoms with E-state index in [2.05, 4.69) is 31.0 Å². The van der Waals surface area contributed by atoms with Gasteiger partial charge in [-0.1, -0.05) is 31.2 Å². The number of hydrogen-bond acceptors (Lipinski definition) is 5. The lowest BCUT2D eigenvalue weighted by atomic mass is 9.57. The molecule has 5 nitrogen and oxygen atoms in total. The number of likely N-dealkylation sites (tertiary alicyclic amines) is 1. The number of methoxy groups -OCH3 is 1. The molecule has 3 atom stereocenters. The maximum Gasteiger partial charge on any atom is 0.343 e. The van der Waals surface area contributed by atoms with E-state index in [1.807, 2.05) is 24.3 Å². The summed E-state index contributed by atoms with van der Waals surface area (Å²) in [5.41, 5.74) is 3.15. The van der Waals surface area contributed by atoms with Crippen LogP contribution in [0.3, 0.4) is 0 Å². The van der Waals surface area contributed by atoms with Gasteiger partial charge in [-0.05, 0) is 68.6 Å². The molecular formula is C26H29NO4. The Labute approximate surface area is 183 Å². The zero-order chi connectivity index (χ0) is 21.6. The molecule has 2 aliphatic heterocycles. The van der Waals surface area contributed by atoms with Crippen molar-refractivity contribution in [2.45, 2.75) is 37.6 Å². The molecule has 0 aromatic heterocycles. The number of ether oxygens (including phenoxy) is 3. The highest BCUT2D eigenvalue weighted by Crippen LogP contribution is 2.55. The van der Waals surface area contributed by atoms with Gasteiger partial charge in [-0.15, -0.1) is 0 Å². The Balaban J connectivity index is 1.56. The van der Waals surface area contributed by atoms with Gasteiger partial charge >= 0.3 is 5.97 Å². The third kappa shape index (κ3) is 3.32. The Hall–Kier alpha value is -2.79. The van der Waals surface area contributed by atoms with Crippen LogP contribution in [0.15, 0.2) is 54.3 Å². The van der Waals surface area contributed by atoms with E-state index in [-0.39, 0.29) is 18.0 Å². The lowest BCUT2D eigenvalue weighted by molar-refractivity contribution is 0.0401. The Morgan fingerprint density at radius 3 is 2.77 bits per heavy atom. The van der Waals surface area contributed by atoms with E-state index in [0.29, 0.717) is 23.3 Å². The first-order chi connectivity index (χ1) is 15.0. The van der Waals surface area contributed by atoms with Gasteiger partial charge in [0.25, 0.3) is 0 Å². The summed E-state index contributed by atoms with van der Waals surface area (Å²) in [6, 6.07) is 13.7. The van der Waals surface area contributed by atoms with E-state index in [1.54, 1.807) is 19.2 Å². The molecule has 5 rings (SSSR count). The SMILES string of the molecule is COc1ccc2c3c1OC/C(OC(=O)c1ccccc1)=C\CC1C(C2)N(C)CCC31C. The summed E-state index contributed by atoms with van der Waals surface area (Å²) in [6.07, 6.45) is 4.98. The van der Waals surface area contributed by atoms with Crippen LogP contribution in [0, 0.1) is 5.92 Å². The van der Waals surface area contributed by atoms with Gasteiger partial charge < -0.3 is 19.1 Å². The molecule has 1 fully saturated rings. The summed E-state index contributed by atoms with van der Waals surface area (Å²) in [4.78, 5) is 15.2. The second-order valence-electron chi connectivity index (χ2n) is 9.11. The van der Waals surface area contributed by atoms with Crippen molar-refractivity contribution in [2.24, 2.45) is 5.92 Å². The summed E-state index contributed by atoms with van der Waals surface area (Å²) in [5.74, 6) is 2.17. The Morgan fingerprint density at radius 2 is 2.00 bits per heavy atom. The van der Waals surface area contributed by atoms with Crippen LogP contribution < -0.4 is 9.47 Å². The first-order valence-electron chi connectivity index (χ1n) is 11.0. The molecule has 4 bridgehead atoms. The fraction of sp³-hybridized carbons (Fsp3) is 0.423. The minimum Gasteiger partial charge on any atom is -0.493 e. The van der Waals surface area contributed by atoms with E-state index in [4.69, 9.17) is 14.2 Å². The van der Waals surface area contributed by atoms with Gasteiger partial charge in [0.15, 0.2) is 11.5 Å². The van der Waals surface area contributed by atoms with Crippen LogP contribution in [-0.4, -0.2) is 44.2 Å². The van der Waals surface area contributed by atoms with Crippen molar-refractivity contribution in [2.75, 3.05) is 27.3 Å². The number of rotatable bonds is 3. The van der Waals surface area contributed by atoms with E-state index in [9.17, 15) is 4.79 Å². The predicted molar refractivity (Wildman–Crippen MR) is 119 cm³/mol. The quantitative estimate of drug-likeness (QED) is 0.692. The molecule has 3 aliphatic rings. The van der Waals surface area contributed by atoms with Crippen molar-refractivity contribution in [3.8, 4) is 11.5 Å². The van der Waals surface area contributed by atoms with E-state index in [0.717, 1.165) is 37.3 Å². The van der Waals surface area contributed by atoms with Gasteiger partial charge in [0.1, 0.15) is 12.4 Å². The zero-order valence-electron chi connectivity index (χ0n) is 18.4. The summed E-state index contributed by atoms with van der Waals surface area (Å²) < 4.78 is 17.8. The molecule has 0 radical (unpaired) electrons. The molecule has 1 saturated heterocycles. The number of allylic oxidation sites excluding steroid dienone is 1. The second kappa shape index (κ2) is 7.72. The molecule has 0 saturated carbocycles. The molecule has 31 heavy (non-hydrogen) atoms. The minimum atomic E-state index is -0.356. The van der Waals surface area contributed by atoms with Crippen LogP contribution in [0.1, 0.15) is 41.3 Å². The highest BCUT2D eigenvalue weighted by molar-refractivity contribution is 5.90. The third-order valence-electron chi connectivity index (χ3n) is 7.45. The molecule has 2 aromatic carbocycles. The van der Waals surface area contributed by atoms with Gasteiger partial charge in [-0.25, -0.2) is 4.79 Å². The van der Waals surface area contributed by atoms with Crippen molar-refractivity contribution in [3.63, 3.8) is 0 Å². The second-order valence-corrected chi connectivity index (χ2v) is 9.11. The van der Waals surface area contributed by atoms with E-state index >= 15 is 0 Å². The molecular weight excluding hydrogens is 390 g/mol. The van der Waals surface area contributed by atoms with Gasteiger partial charge in [0.05, 0.1) is 12.7 Å². The summed E-state index contributed by atoms with van der Waals surface area (Å²) in [5, 5.41) is 0. The molecule has 0 amide bonds. The topological polar surface area (TPSA) is 48.0 Å². The number of benzene rings is 2. The van der Waals surface area contributed by atoms with Gasteiger partial charge in [-0.2, -0.15) is 0 Å². The average Bonchev–Trinajstić information content (AvgIpc) is 2.83. The maximum atomic E-state index is 12.7. The zero-order valence-corrected chi connectivity index (χ0v) is 18.4. The fourth-order valence-corrected chi connectivity index (χ4v) is 5.73. The van der Waals surface area contributed by atoms with Gasteiger partial charge in [0, 0.05) is 17.0 Å². The number of carbonyl (C=O) groups is 1. The normalized spacial score (nSPS) is 28.8. The number of carbonyl (C=O) groups excluding carboxylic acids is 1. The van der Waals surface area contributed by atoms with Crippen LogP contribution in [0.25, 0.3) is 0 Å². The Kier molecular flexibility index (Phi) is 5.01. The smallest absolute Gasteiger partial charge is 0.343 e. The standard InChI is InChI=1S/C26H29NO4/c1-26-13-14-27(2)21-15-18-9-12-22(29-3)24(23(18)26)30-16-19(10-11-20(21)26)31-25(28)17-7-5-4-6-8-17/h4-10,12,20-21H,11,13-16H2,1-3H3/b19-10+. The Bertz CT molecular complexity index is 1030. The lowest BCUT2D eigenvalue weighted by Crippen LogP contribution is -2.57. The van der Waals surface area contributed by atoms with E-state index < -0.39 is 0 Å². The largest absolute Gasteiger partial charge is 0.493 e. The van der Waals surface area contributed by atoms with Crippen molar-refractivity contribution in [3.05, 3.63) is 71.0 Å². The first-order valence-corrected chi connectivity index (χ1v) is 11.0. The van der Waals surface area contributed by atoms with Crippen molar-refractivity contribution >= 4 is 5.97 Å². The average molecular weight is 420 g/mol. The number of nitrogens with zero attached hydrogens (tertiary/aromatic N) is 1. The summed E-state index contributed by atoms with van der Waals surface area (Å²) in [7, 11) is 3.91. The van der Waals surface area contributed by atoms with Crippen LogP contribution in [0.2, 0.25) is 0 Å². The highest BCUT2D eigenvalue weighted by atomic mass is 16.6. The van der Waals surface area contributed by atoms with Gasteiger partial charge in [0.2, 0.25) is 0 Å². The molecule has 3 unspecified atom stereocenters. The third-order valence-corrected chi connectivity index (χ3v) is 7.45. The molecule has 0 N–H and O–H groups in total. The molecule has 2 heterocycles. The fourth-order valence-electron chi connectivity index (χ4n) is 5.73. The summed E-state index contributed by atoms with van der Waals surface area (Å²) in [6.45, 7) is 3.64. The van der Waals surface area contributed by atoms with Crippen LogP contribution in [-0.2, 0) is 16.6 Å². The molecule has 0 spiro atoms. The molecule has 162 valence electrons. The van der Waals surface area contributed by atoms with Crippen LogP contribution in [0.4, 0.5) is 0 Å². The summed E-state index contributed by atoms with van der Waals surface area (Å²) >= 11 is 0. The van der Waals surface area contributed by atoms with Crippen LogP contribution in [0.5, 0.6) is 11.5 Å². The van der Waals surface area contributed by atoms with Crippen molar-refractivity contribution in [1.82, 2.24) is 4.90 Å². The van der Waals surface area contributed by atoms with E-state index in [1.165, 1.54) is 11.1 Å². The minimum absolute atomic E-state index is 0.00990. The van der Waals surface area contributed by atoms with Crippen molar-refractivity contribution < 1.29 is 19.0 Å². The predicted octanol–water partition coefficient (Wildman–Crippen LogP) is 4.35. The molecule has 1 aliphatic carbocycles. The number of likely N-dealkylation sites (N-methyl/N-ethyl adjacent to an activating group) is 1. The lowest BCUT2D eigenvalue weighted by Gasteiger charge is -2.55. The maximum absolute atomic E-state index is 12.7. The van der Waals surface area contributed by atoms with Gasteiger partial charge in [-0.3, -0.25) is 0 Å². The number of hydrogen-bond donors (Lipinski definition) is 0. The number of esters is 1. The van der Waals surface area contributed by atoms with Crippen LogP contribution >= 0.6 is 0 Å². The number of piperidine rings is 1. The first kappa shape index (κ1) is 20.1. The molecule has 5 heteroatoms. The van der Waals surface area contributed by atoms with Crippen molar-refractivity contribution in [1.29, 1.82) is 0 Å². The Morgan fingerprint density at radius 1 is 1.19 bits per heavy atom. The monoisotopic (exact) mass is 419 g/mol.